The van der Waals surface area contributed by atoms with Crippen molar-refractivity contribution in [2.45, 2.75) is 89.0 Å². The number of carboxylic acids is 2. The van der Waals surface area contributed by atoms with Crippen molar-refractivity contribution in [2.24, 2.45) is 5.73 Å². The molecule has 0 unspecified atom stereocenters. The van der Waals surface area contributed by atoms with Gasteiger partial charge >= 0.3 is 36.5 Å². The van der Waals surface area contributed by atoms with Gasteiger partial charge in [-0.15, -0.1) is 0 Å². The summed E-state index contributed by atoms with van der Waals surface area (Å²) in [5, 5.41) is 28.4. The molecule has 6 amide bonds. The van der Waals surface area contributed by atoms with E-state index in [1.165, 1.54) is 24.3 Å². The highest BCUT2D eigenvalue weighted by Gasteiger charge is 2.31. The van der Waals surface area contributed by atoms with Crippen LogP contribution in [0.3, 0.4) is 0 Å². The maximum absolute atomic E-state index is 13.5. The van der Waals surface area contributed by atoms with Crippen LogP contribution in [0.4, 0.5) is 35.9 Å². The Morgan fingerprint density at radius 3 is 1.35 bits per heavy atom. The van der Waals surface area contributed by atoms with Gasteiger partial charge in [-0.3, -0.25) is 19.2 Å². The number of nitrogens with two attached hydrogens (primary N) is 1. The van der Waals surface area contributed by atoms with Crippen LogP contribution in [0.2, 0.25) is 0 Å². The summed E-state index contributed by atoms with van der Waals surface area (Å²) in [6.07, 6.45) is -11.6. The lowest BCUT2D eigenvalue weighted by Gasteiger charge is -2.24. The molecule has 24 heteroatoms. The summed E-state index contributed by atoms with van der Waals surface area (Å²) < 4.78 is 86.5. The number of alkyl carbamates (subject to hydrolysis) is 2. The topological polar surface area (TPSA) is 273 Å². The van der Waals surface area contributed by atoms with Crippen molar-refractivity contribution >= 4 is 47.8 Å². The predicted octanol–water partition coefficient (Wildman–Crippen LogP) is 5.29. The molecule has 0 saturated heterocycles. The Bertz CT molecular complexity index is 2050. The van der Waals surface area contributed by atoms with Gasteiger partial charge < -0.3 is 51.6 Å². The van der Waals surface area contributed by atoms with Crippen LogP contribution in [0.15, 0.2) is 72.8 Å². The molecule has 2 atom stereocenters. The molecule has 3 rings (SSSR count). The summed E-state index contributed by atoms with van der Waals surface area (Å²) in [5.41, 5.74) is 3.94. The number of carbonyl (C=O) groups excluding carboxylic acids is 6. The lowest BCUT2D eigenvalue weighted by atomic mass is 10.1. The molecule has 358 valence electrons. The van der Waals surface area contributed by atoms with E-state index < -0.39 is 110 Å². The highest BCUT2D eigenvalue weighted by Crippen LogP contribution is 2.30. The van der Waals surface area contributed by atoms with Gasteiger partial charge in [-0.05, 0) is 79.3 Å². The van der Waals surface area contributed by atoms with Crippen LogP contribution < -0.4 is 27.0 Å². The van der Waals surface area contributed by atoms with E-state index in [2.05, 4.69) is 21.3 Å². The number of benzene rings is 3. The van der Waals surface area contributed by atoms with E-state index in [1.807, 2.05) is 0 Å². The quantitative estimate of drug-likeness (QED) is 0.0343. The number of nitrogens with one attached hydrogen (secondary N) is 4. The fourth-order valence-electron chi connectivity index (χ4n) is 5.76. The lowest BCUT2D eigenvalue weighted by molar-refractivity contribution is -0.140. The van der Waals surface area contributed by atoms with Crippen LogP contribution in [-0.2, 0) is 54.2 Å². The van der Waals surface area contributed by atoms with Crippen molar-refractivity contribution in [2.75, 3.05) is 13.3 Å². The number of ether oxygens (including phenoxy) is 2. The summed E-state index contributed by atoms with van der Waals surface area (Å²) in [6, 6.07) is 10.0. The van der Waals surface area contributed by atoms with Crippen LogP contribution in [0, 0.1) is 0 Å². The summed E-state index contributed by atoms with van der Waals surface area (Å²) in [6.45, 7) is -1.78. The number of unbranched alkanes of at least 4 members (excludes halogenated alkanes) is 2. The van der Waals surface area contributed by atoms with E-state index in [0.29, 0.717) is 0 Å². The Kier molecular flexibility index (Phi) is 20.2. The smallest absolute Gasteiger partial charge is 0.416 e. The minimum atomic E-state index is -4.56. The molecule has 0 aliphatic carbocycles. The Balaban J connectivity index is 1.46. The van der Waals surface area contributed by atoms with Gasteiger partial charge in [0, 0.05) is 24.0 Å². The molecule has 0 fully saturated rings. The number of hydrogen-bond donors (Lipinski definition) is 7. The lowest BCUT2D eigenvalue weighted by Crippen LogP contribution is -2.47. The third-order valence-electron chi connectivity index (χ3n) is 9.39. The normalized spacial score (nSPS) is 12.2. The molecule has 0 aliphatic rings. The zero-order valence-electron chi connectivity index (χ0n) is 34.8. The van der Waals surface area contributed by atoms with Gasteiger partial charge in [0.1, 0.15) is 25.3 Å². The van der Waals surface area contributed by atoms with Crippen molar-refractivity contribution in [3.63, 3.8) is 0 Å². The molecule has 0 spiro atoms. The number of alkyl halides is 6. The standard InChI is InChI=1S/C42H46F6N6O12/c43-41(44,45)29-16-12-25(13-17-29)21-65-39(63)52-31(37(59)60)8-1-3-10-33(55)50-23-54(36(58)28-7-5-6-27(20-28)35(49)57)24-51-34(56)11-4-2-9-32(38(61)62)53-40(64)66-22-26-14-18-30(19-15-26)42(46,47)48/h5-7,12-20,31-32H,1-4,8-11,21-24H2,(H2,49,57)(H,50,55)(H,51,56)(H,52,63)(H,53,64)(H,59,60)(H,61,62)/t31-,32-/m0/s1. The third-order valence-corrected chi connectivity index (χ3v) is 9.39. The molecule has 66 heavy (non-hydrogen) atoms. The first-order valence-electron chi connectivity index (χ1n) is 19.9. The molecule has 3 aromatic rings. The molecule has 0 heterocycles. The number of halogens is 6. The molecule has 0 aliphatic heterocycles. The predicted molar refractivity (Wildman–Crippen MR) is 216 cm³/mol. The molecule has 0 aromatic heterocycles. The van der Waals surface area contributed by atoms with E-state index in [9.17, 15) is 74.9 Å². The van der Waals surface area contributed by atoms with Crippen molar-refractivity contribution in [3.05, 3.63) is 106 Å². The molecule has 3 aromatic carbocycles. The Morgan fingerprint density at radius 2 is 0.985 bits per heavy atom. The third kappa shape index (κ3) is 18.8. The molecular formula is C42H46F6N6O12. The van der Waals surface area contributed by atoms with Gasteiger partial charge in [0.05, 0.1) is 24.5 Å². The van der Waals surface area contributed by atoms with Gasteiger partial charge in [0.2, 0.25) is 17.7 Å². The van der Waals surface area contributed by atoms with E-state index in [0.717, 1.165) is 53.4 Å². The summed E-state index contributed by atoms with van der Waals surface area (Å²) in [5.74, 6) is -5.58. The first-order chi connectivity index (χ1) is 31.0. The number of amides is 6. The minimum absolute atomic E-state index is 0.00277. The number of aliphatic carboxylic acids is 2. The molecule has 0 bridgehead atoms. The maximum Gasteiger partial charge on any atom is 0.416 e. The highest BCUT2D eigenvalue weighted by molar-refractivity contribution is 5.99. The Labute approximate surface area is 372 Å². The number of primary amides is 1. The Hall–Kier alpha value is -7.40. The number of carbonyl (C=O) groups is 8. The number of nitrogens with zero attached hydrogens (tertiary/aromatic N) is 1. The minimum Gasteiger partial charge on any atom is -0.480 e. The number of hydrogen-bond acceptors (Lipinski definition) is 10. The second-order valence-corrected chi connectivity index (χ2v) is 14.4. The summed E-state index contributed by atoms with van der Waals surface area (Å²) in [4.78, 5) is 99.6. The second-order valence-electron chi connectivity index (χ2n) is 14.4. The molecule has 18 nitrogen and oxygen atoms in total. The fourth-order valence-corrected chi connectivity index (χ4v) is 5.76. The molecule has 0 radical (unpaired) electrons. The molecular weight excluding hydrogens is 894 g/mol. The molecule has 0 saturated carbocycles. The number of rotatable bonds is 24. The number of carboxylic acid groups (broad SMARTS) is 2. The van der Waals surface area contributed by atoms with Crippen molar-refractivity contribution < 1.29 is 84.4 Å². The average molecular weight is 941 g/mol. The summed E-state index contributed by atoms with van der Waals surface area (Å²) in [7, 11) is 0. The van der Waals surface area contributed by atoms with Crippen molar-refractivity contribution in [3.8, 4) is 0 Å². The van der Waals surface area contributed by atoms with Gasteiger partial charge in [0.25, 0.3) is 5.91 Å². The van der Waals surface area contributed by atoms with Crippen LogP contribution in [0.5, 0.6) is 0 Å². The van der Waals surface area contributed by atoms with Crippen molar-refractivity contribution in [1.82, 2.24) is 26.2 Å². The van der Waals surface area contributed by atoms with Gasteiger partial charge in [-0.25, -0.2) is 19.2 Å². The van der Waals surface area contributed by atoms with Crippen LogP contribution in [0.1, 0.15) is 94.3 Å². The average Bonchev–Trinajstić information content (AvgIpc) is 3.26. The van der Waals surface area contributed by atoms with E-state index >= 15 is 0 Å². The van der Waals surface area contributed by atoms with Gasteiger partial charge in [-0.1, -0.05) is 43.2 Å². The maximum atomic E-state index is 13.5. The van der Waals surface area contributed by atoms with Crippen molar-refractivity contribution in [1.29, 1.82) is 0 Å². The largest absolute Gasteiger partial charge is 0.480 e. The first kappa shape index (κ1) is 52.9. The zero-order chi connectivity index (χ0) is 49.0. The first-order valence-corrected chi connectivity index (χ1v) is 19.9. The van der Waals surface area contributed by atoms with Gasteiger partial charge in [0.15, 0.2) is 0 Å². The Morgan fingerprint density at radius 1 is 0.591 bits per heavy atom. The second kappa shape index (κ2) is 25.2. The fraction of sp³-hybridized carbons (Fsp3) is 0.381. The van der Waals surface area contributed by atoms with Crippen LogP contribution in [0.25, 0.3) is 0 Å². The molecule has 8 N–H and O–H groups in total. The highest BCUT2D eigenvalue weighted by atomic mass is 19.4. The van der Waals surface area contributed by atoms with E-state index in [-0.39, 0.29) is 73.6 Å². The SMILES string of the molecule is NC(=O)c1cccc(C(=O)N(CNC(=O)CCCC[C@H](NC(=O)OCc2ccc(C(F)(F)F)cc2)C(=O)O)CNC(=O)CCCC[C@H](NC(=O)OCc2ccc(C(F)(F)F)cc2)C(=O)O)c1. The zero-order valence-corrected chi connectivity index (χ0v) is 34.8. The monoisotopic (exact) mass is 940 g/mol. The van der Waals surface area contributed by atoms with Crippen LogP contribution >= 0.6 is 0 Å². The van der Waals surface area contributed by atoms with Crippen LogP contribution in [-0.4, -0.2) is 88.3 Å². The van der Waals surface area contributed by atoms with Gasteiger partial charge in [-0.2, -0.15) is 26.3 Å². The van der Waals surface area contributed by atoms with E-state index in [1.54, 1.807) is 0 Å². The van der Waals surface area contributed by atoms with E-state index in [4.69, 9.17) is 15.2 Å². The summed E-state index contributed by atoms with van der Waals surface area (Å²) >= 11 is 0.